The van der Waals surface area contributed by atoms with Gasteiger partial charge in [0.1, 0.15) is 11.4 Å². The molecular weight excluding hydrogens is 306 g/mol. The van der Waals surface area contributed by atoms with Crippen LogP contribution in [-0.4, -0.2) is 65.4 Å². The monoisotopic (exact) mass is 329 g/mol. The summed E-state index contributed by atoms with van der Waals surface area (Å²) in [5.41, 5.74) is 0.133. The van der Waals surface area contributed by atoms with Crippen LogP contribution in [0.1, 0.15) is 23.2 Å². The number of pyridine rings is 1. The zero-order valence-corrected chi connectivity index (χ0v) is 14.1. The Morgan fingerprint density at radius 1 is 1.38 bits per heavy atom. The van der Waals surface area contributed by atoms with E-state index in [2.05, 4.69) is 4.98 Å². The molecule has 128 valence electrons. The van der Waals surface area contributed by atoms with Crippen LogP contribution < -0.4 is 4.90 Å². The Balaban J connectivity index is 2.03. The number of carbonyl (C=O) groups excluding carboxylic acids is 1. The van der Waals surface area contributed by atoms with Crippen LogP contribution in [0, 0.1) is 0 Å². The van der Waals surface area contributed by atoms with Gasteiger partial charge in [0.2, 0.25) is 0 Å². The van der Waals surface area contributed by atoms with Gasteiger partial charge in [0, 0.05) is 26.0 Å². The highest BCUT2D eigenvalue weighted by Crippen LogP contribution is 2.27. The van der Waals surface area contributed by atoms with Gasteiger partial charge in [-0.25, -0.2) is 4.98 Å². The second-order valence-corrected chi connectivity index (χ2v) is 6.65. The van der Waals surface area contributed by atoms with E-state index < -0.39 is 5.60 Å². The highest BCUT2D eigenvalue weighted by molar-refractivity contribution is 6.07. The number of piperidine rings is 1. The number of aromatic nitrogens is 1. The molecule has 3 rings (SSSR count). The molecule has 24 heavy (non-hydrogen) atoms. The number of carbonyl (C=O) groups is 1. The Morgan fingerprint density at radius 2 is 2.12 bits per heavy atom. The molecule has 1 aliphatic heterocycles. The lowest BCUT2D eigenvalue weighted by Crippen LogP contribution is -2.52. The Hall–Kier alpha value is -2.18. The quantitative estimate of drug-likeness (QED) is 0.886. The number of nitrogens with zero attached hydrogens (tertiary/aromatic N) is 3. The van der Waals surface area contributed by atoms with Gasteiger partial charge in [-0.3, -0.25) is 4.79 Å². The maximum absolute atomic E-state index is 13.1. The third kappa shape index (κ3) is 3.07. The molecule has 1 atom stereocenters. The van der Waals surface area contributed by atoms with Gasteiger partial charge in [-0.1, -0.05) is 18.2 Å². The van der Waals surface area contributed by atoms with Gasteiger partial charge >= 0.3 is 0 Å². The number of hydrogen-bond acceptors (Lipinski definition) is 5. The number of rotatable bonds is 3. The molecule has 0 spiro atoms. The van der Waals surface area contributed by atoms with E-state index in [1.54, 1.807) is 11.0 Å². The first-order valence-electron chi connectivity index (χ1n) is 8.13. The Kier molecular flexibility index (Phi) is 4.43. The van der Waals surface area contributed by atoms with E-state index in [4.69, 9.17) is 0 Å². The van der Waals surface area contributed by atoms with Crippen LogP contribution in [0.2, 0.25) is 0 Å². The van der Waals surface area contributed by atoms with Gasteiger partial charge in [0.15, 0.2) is 0 Å². The van der Waals surface area contributed by atoms with Crippen molar-refractivity contribution in [2.24, 2.45) is 0 Å². The van der Waals surface area contributed by atoms with Crippen molar-refractivity contribution in [3.05, 3.63) is 35.9 Å². The minimum atomic E-state index is -1.21. The third-order valence-corrected chi connectivity index (χ3v) is 4.53. The van der Waals surface area contributed by atoms with Gasteiger partial charge in [-0.2, -0.15) is 0 Å². The van der Waals surface area contributed by atoms with Gasteiger partial charge in [-0.05, 0) is 25.0 Å². The molecule has 2 aromatic rings. The lowest BCUT2D eigenvalue weighted by atomic mass is 9.93. The van der Waals surface area contributed by atoms with Crippen LogP contribution >= 0.6 is 0 Å². The lowest BCUT2D eigenvalue weighted by molar-refractivity contribution is -0.0598. The first kappa shape index (κ1) is 16.7. The number of anilines is 1. The van der Waals surface area contributed by atoms with Gasteiger partial charge in [-0.15, -0.1) is 0 Å². The van der Waals surface area contributed by atoms with E-state index >= 15 is 0 Å². The molecule has 1 aromatic heterocycles. The maximum atomic E-state index is 13.1. The van der Waals surface area contributed by atoms with Crippen LogP contribution in [-0.2, 0) is 0 Å². The highest BCUT2D eigenvalue weighted by atomic mass is 16.3. The number of amides is 1. The summed E-state index contributed by atoms with van der Waals surface area (Å²) in [6, 6.07) is 9.35. The van der Waals surface area contributed by atoms with Crippen molar-refractivity contribution < 1.29 is 15.0 Å². The summed E-state index contributed by atoms with van der Waals surface area (Å²) in [5.74, 6) is 0.578. The molecular formula is C18H23N3O3. The van der Waals surface area contributed by atoms with Crippen molar-refractivity contribution in [3.63, 3.8) is 0 Å². The molecule has 2 N–H and O–H groups in total. The average molecular weight is 329 g/mol. The smallest absolute Gasteiger partial charge is 0.254 e. The second-order valence-electron chi connectivity index (χ2n) is 6.65. The molecule has 1 fully saturated rings. The first-order valence-corrected chi connectivity index (χ1v) is 8.13. The standard InChI is InChI=1S/C18H23N3O3/c1-20(2)16-10-14(13-6-3-4-7-15(13)19-16)17(23)21-9-5-8-18(24,11-21)12-22/h3-4,6-7,10,22,24H,5,8-9,11-12H2,1-2H3/t18-/m0/s1. The second kappa shape index (κ2) is 6.37. The summed E-state index contributed by atoms with van der Waals surface area (Å²) in [6.07, 6.45) is 1.18. The number of hydrogen-bond donors (Lipinski definition) is 2. The molecule has 2 heterocycles. The van der Waals surface area contributed by atoms with E-state index in [9.17, 15) is 15.0 Å². The Bertz CT molecular complexity index is 762. The van der Waals surface area contributed by atoms with E-state index in [0.717, 1.165) is 10.9 Å². The topological polar surface area (TPSA) is 76.9 Å². The number of fused-ring (bicyclic) bond motifs is 1. The fraction of sp³-hybridized carbons (Fsp3) is 0.444. The highest BCUT2D eigenvalue weighted by Gasteiger charge is 2.35. The van der Waals surface area contributed by atoms with Crippen LogP contribution in [0.3, 0.4) is 0 Å². The summed E-state index contributed by atoms with van der Waals surface area (Å²) in [4.78, 5) is 21.1. The van der Waals surface area contributed by atoms with Crippen LogP contribution in [0.4, 0.5) is 5.82 Å². The molecule has 0 unspecified atom stereocenters. The zero-order chi connectivity index (χ0) is 17.3. The fourth-order valence-electron chi connectivity index (χ4n) is 3.15. The van der Waals surface area contributed by atoms with Gasteiger partial charge in [0.25, 0.3) is 5.91 Å². The fourth-order valence-corrected chi connectivity index (χ4v) is 3.15. The molecule has 0 saturated carbocycles. The number of benzene rings is 1. The summed E-state index contributed by atoms with van der Waals surface area (Å²) >= 11 is 0. The minimum Gasteiger partial charge on any atom is -0.393 e. The first-order chi connectivity index (χ1) is 11.4. The van der Waals surface area contributed by atoms with Crippen molar-refractivity contribution in [3.8, 4) is 0 Å². The van der Waals surface area contributed by atoms with Crippen molar-refractivity contribution >= 4 is 22.6 Å². The summed E-state index contributed by atoms with van der Waals surface area (Å²) in [6.45, 7) is 0.391. The zero-order valence-electron chi connectivity index (χ0n) is 14.1. The van der Waals surface area contributed by atoms with Crippen molar-refractivity contribution in [1.82, 2.24) is 9.88 Å². The molecule has 1 saturated heterocycles. The predicted molar refractivity (Wildman–Crippen MR) is 93.2 cm³/mol. The number of likely N-dealkylation sites (tertiary alicyclic amines) is 1. The maximum Gasteiger partial charge on any atom is 0.254 e. The van der Waals surface area contributed by atoms with E-state index in [0.29, 0.717) is 30.8 Å². The average Bonchev–Trinajstić information content (AvgIpc) is 2.60. The molecule has 1 amide bonds. The molecule has 6 nitrogen and oxygen atoms in total. The van der Waals surface area contributed by atoms with Crippen LogP contribution in [0.25, 0.3) is 10.9 Å². The van der Waals surface area contributed by atoms with Gasteiger partial charge < -0.3 is 20.0 Å². The molecule has 1 aliphatic rings. The SMILES string of the molecule is CN(C)c1cc(C(=O)N2CCC[C@@](O)(CO)C2)c2ccccc2n1. The van der Waals surface area contributed by atoms with Crippen molar-refractivity contribution in [2.75, 3.05) is 38.7 Å². The van der Waals surface area contributed by atoms with Gasteiger partial charge in [0.05, 0.1) is 24.2 Å². The van der Waals surface area contributed by atoms with Crippen molar-refractivity contribution in [1.29, 1.82) is 0 Å². The molecule has 0 radical (unpaired) electrons. The number of aliphatic hydroxyl groups is 2. The summed E-state index contributed by atoms with van der Waals surface area (Å²) < 4.78 is 0. The number of aliphatic hydroxyl groups excluding tert-OH is 1. The van der Waals surface area contributed by atoms with Crippen LogP contribution in [0.5, 0.6) is 0 Å². The Labute approximate surface area is 141 Å². The van der Waals surface area contributed by atoms with E-state index in [-0.39, 0.29) is 19.1 Å². The van der Waals surface area contributed by atoms with Crippen molar-refractivity contribution in [2.45, 2.75) is 18.4 Å². The molecule has 6 heteroatoms. The predicted octanol–water partition coefficient (Wildman–Crippen LogP) is 1.26. The number of para-hydroxylation sites is 1. The minimum absolute atomic E-state index is 0.136. The lowest BCUT2D eigenvalue weighted by Gasteiger charge is -2.38. The largest absolute Gasteiger partial charge is 0.393 e. The van der Waals surface area contributed by atoms with E-state index in [1.165, 1.54) is 0 Å². The summed E-state index contributed by atoms with van der Waals surface area (Å²) in [7, 11) is 3.77. The van der Waals surface area contributed by atoms with Crippen LogP contribution in [0.15, 0.2) is 30.3 Å². The molecule has 1 aromatic carbocycles. The normalized spacial score (nSPS) is 21.1. The molecule has 0 aliphatic carbocycles. The summed E-state index contributed by atoms with van der Waals surface area (Å²) in [5, 5.41) is 20.5. The number of β-amino-alcohol motifs (C(OH)–C–C–N with tert-alkyl or cyclic N) is 1. The molecule has 0 bridgehead atoms. The third-order valence-electron chi connectivity index (χ3n) is 4.53. The Morgan fingerprint density at radius 3 is 2.83 bits per heavy atom. The van der Waals surface area contributed by atoms with E-state index in [1.807, 2.05) is 43.3 Å².